The third kappa shape index (κ3) is 2.67. The lowest BCUT2D eigenvalue weighted by molar-refractivity contribution is 0.0990. The third-order valence-corrected chi connectivity index (χ3v) is 5.13. The van der Waals surface area contributed by atoms with Gasteiger partial charge in [0.25, 0.3) is 5.91 Å². The van der Waals surface area contributed by atoms with E-state index in [0.717, 1.165) is 33.5 Å². The zero-order valence-corrected chi connectivity index (χ0v) is 14.4. The molecule has 24 heavy (non-hydrogen) atoms. The van der Waals surface area contributed by atoms with Crippen LogP contribution in [0.1, 0.15) is 28.4 Å². The number of hydrogen-bond acceptors (Lipinski definition) is 2. The van der Waals surface area contributed by atoms with Crippen molar-refractivity contribution in [3.63, 3.8) is 0 Å². The lowest BCUT2D eigenvalue weighted by Gasteiger charge is -2.05. The van der Waals surface area contributed by atoms with E-state index < -0.39 is 23.1 Å². The van der Waals surface area contributed by atoms with Gasteiger partial charge in [0.1, 0.15) is 17.2 Å². The fourth-order valence-corrected chi connectivity index (χ4v) is 3.94. The Labute approximate surface area is 141 Å². The molecule has 3 aromatic rings. The largest absolute Gasteiger partial charge is 0.316 e. The molecule has 0 radical (unpaired) electrons. The Morgan fingerprint density at radius 2 is 1.75 bits per heavy atom. The fourth-order valence-electron chi connectivity index (χ4n) is 2.70. The van der Waals surface area contributed by atoms with Crippen LogP contribution in [0.25, 0.3) is 10.2 Å². The normalized spacial score (nSPS) is 12.1. The van der Waals surface area contributed by atoms with Crippen LogP contribution in [-0.4, -0.2) is 10.5 Å². The van der Waals surface area contributed by atoms with Crippen LogP contribution < -0.4 is 4.80 Å². The molecule has 0 unspecified atom stereocenters. The summed E-state index contributed by atoms with van der Waals surface area (Å²) in [4.78, 5) is 16.8. The number of benzene rings is 2. The first-order chi connectivity index (χ1) is 11.4. The summed E-state index contributed by atoms with van der Waals surface area (Å²) < 4.78 is 30.5. The molecule has 0 fully saturated rings. The van der Waals surface area contributed by atoms with E-state index in [4.69, 9.17) is 0 Å². The summed E-state index contributed by atoms with van der Waals surface area (Å²) >= 11 is 1.35. The Bertz CT molecular complexity index is 998. The van der Waals surface area contributed by atoms with Crippen LogP contribution in [0.4, 0.5) is 8.78 Å². The van der Waals surface area contributed by atoms with E-state index >= 15 is 0 Å². The van der Waals surface area contributed by atoms with E-state index in [2.05, 4.69) is 4.99 Å². The average Bonchev–Trinajstić information content (AvgIpc) is 2.90. The van der Waals surface area contributed by atoms with E-state index in [-0.39, 0.29) is 0 Å². The predicted molar refractivity (Wildman–Crippen MR) is 91.2 cm³/mol. The Hall–Kier alpha value is -2.34. The number of aromatic nitrogens is 1. The number of fused-ring (bicyclic) bond motifs is 1. The van der Waals surface area contributed by atoms with Crippen molar-refractivity contribution < 1.29 is 13.6 Å². The quantitative estimate of drug-likeness (QED) is 0.679. The van der Waals surface area contributed by atoms with E-state index in [0.29, 0.717) is 11.3 Å². The summed E-state index contributed by atoms with van der Waals surface area (Å²) in [6.45, 7) is 6.53. The Morgan fingerprint density at radius 1 is 1.12 bits per heavy atom. The molecule has 0 spiro atoms. The molecule has 0 N–H and O–H groups in total. The number of halogens is 2. The molecule has 0 saturated carbocycles. The number of carbonyl (C=O) groups is 1. The first-order valence-corrected chi connectivity index (χ1v) is 8.38. The number of aryl methyl sites for hydroxylation is 3. The van der Waals surface area contributed by atoms with E-state index in [1.165, 1.54) is 17.4 Å². The lowest BCUT2D eigenvalue weighted by atomic mass is 10.1. The van der Waals surface area contributed by atoms with Crippen LogP contribution >= 0.6 is 11.3 Å². The Balaban J connectivity index is 2.26. The van der Waals surface area contributed by atoms with E-state index in [1.807, 2.05) is 37.5 Å². The minimum atomic E-state index is -0.908. The summed E-state index contributed by atoms with van der Waals surface area (Å²) in [5.74, 6) is -2.71. The van der Waals surface area contributed by atoms with Gasteiger partial charge in [-0.15, -0.1) is 0 Å². The Kier molecular flexibility index (Phi) is 4.32. The summed E-state index contributed by atoms with van der Waals surface area (Å²) in [5.41, 5.74) is 2.53. The average molecular weight is 346 g/mol. The van der Waals surface area contributed by atoms with Crippen LogP contribution in [0.5, 0.6) is 0 Å². The maximum atomic E-state index is 13.8. The van der Waals surface area contributed by atoms with Crippen LogP contribution in [0.3, 0.4) is 0 Å². The minimum absolute atomic E-state index is 0.442. The molecule has 0 bridgehead atoms. The molecule has 0 aliphatic rings. The van der Waals surface area contributed by atoms with E-state index in [9.17, 15) is 13.6 Å². The second-order valence-electron chi connectivity index (χ2n) is 5.52. The third-order valence-electron chi connectivity index (χ3n) is 3.91. The number of carbonyl (C=O) groups excluding carboxylic acids is 1. The van der Waals surface area contributed by atoms with Crippen LogP contribution in [0.15, 0.2) is 35.3 Å². The van der Waals surface area contributed by atoms with Gasteiger partial charge in [0, 0.05) is 6.54 Å². The van der Waals surface area contributed by atoms with Gasteiger partial charge in [-0.2, -0.15) is 4.99 Å². The second kappa shape index (κ2) is 6.28. The van der Waals surface area contributed by atoms with Crippen molar-refractivity contribution in [3.05, 3.63) is 63.5 Å². The number of nitrogens with zero attached hydrogens (tertiary/aromatic N) is 2. The molecule has 3 nitrogen and oxygen atoms in total. The molecule has 2 aromatic carbocycles. The second-order valence-corrected chi connectivity index (χ2v) is 6.50. The number of hydrogen-bond donors (Lipinski definition) is 0. The smallest absolute Gasteiger partial charge is 0.285 e. The van der Waals surface area contributed by atoms with Crippen molar-refractivity contribution in [1.29, 1.82) is 0 Å². The van der Waals surface area contributed by atoms with E-state index in [1.54, 1.807) is 0 Å². The van der Waals surface area contributed by atoms with Crippen molar-refractivity contribution in [2.45, 2.75) is 27.3 Å². The lowest BCUT2D eigenvalue weighted by Crippen LogP contribution is -2.17. The molecule has 0 aliphatic heterocycles. The highest BCUT2D eigenvalue weighted by Crippen LogP contribution is 2.25. The van der Waals surface area contributed by atoms with Gasteiger partial charge in [0.05, 0.1) is 10.2 Å². The number of rotatable bonds is 2. The summed E-state index contributed by atoms with van der Waals surface area (Å²) in [7, 11) is 0. The molecule has 0 aliphatic carbocycles. The molecule has 6 heteroatoms. The molecule has 124 valence electrons. The topological polar surface area (TPSA) is 34.4 Å². The van der Waals surface area contributed by atoms with Crippen LogP contribution in [-0.2, 0) is 6.54 Å². The van der Waals surface area contributed by atoms with Crippen molar-refractivity contribution >= 4 is 27.5 Å². The Morgan fingerprint density at radius 3 is 2.38 bits per heavy atom. The highest BCUT2D eigenvalue weighted by molar-refractivity contribution is 7.16. The fraction of sp³-hybridized carbons (Fsp3) is 0.222. The molecule has 3 rings (SSSR count). The molecule has 1 heterocycles. The summed E-state index contributed by atoms with van der Waals surface area (Å²) in [5, 5.41) is 0. The number of amides is 1. The van der Waals surface area contributed by atoms with Gasteiger partial charge >= 0.3 is 0 Å². The highest BCUT2D eigenvalue weighted by atomic mass is 32.1. The highest BCUT2D eigenvalue weighted by Gasteiger charge is 2.17. The molecule has 1 aromatic heterocycles. The summed E-state index contributed by atoms with van der Waals surface area (Å²) in [6, 6.07) is 7.35. The van der Waals surface area contributed by atoms with Gasteiger partial charge in [0.15, 0.2) is 4.80 Å². The number of thiazole rings is 1. The van der Waals surface area contributed by atoms with Gasteiger partial charge in [-0.25, -0.2) is 8.78 Å². The van der Waals surface area contributed by atoms with Crippen molar-refractivity contribution in [2.75, 3.05) is 0 Å². The SMILES string of the molecule is CCn1c(=NC(=O)c2c(F)cccc2F)sc2c(C)ccc(C)c21. The maximum Gasteiger partial charge on any atom is 0.285 e. The predicted octanol–water partition coefficient (Wildman–Crippen LogP) is 4.36. The van der Waals surface area contributed by atoms with Crippen molar-refractivity contribution in [1.82, 2.24) is 4.57 Å². The molecule has 1 amide bonds. The van der Waals surface area contributed by atoms with Gasteiger partial charge < -0.3 is 4.57 Å². The van der Waals surface area contributed by atoms with Crippen LogP contribution in [0.2, 0.25) is 0 Å². The molecular weight excluding hydrogens is 330 g/mol. The van der Waals surface area contributed by atoms with Gasteiger partial charge in [-0.3, -0.25) is 4.79 Å². The van der Waals surface area contributed by atoms with Gasteiger partial charge in [-0.1, -0.05) is 29.5 Å². The molecule has 0 atom stereocenters. The maximum absolute atomic E-state index is 13.8. The zero-order valence-electron chi connectivity index (χ0n) is 13.6. The van der Waals surface area contributed by atoms with Crippen molar-refractivity contribution in [2.24, 2.45) is 4.99 Å². The molecule has 0 saturated heterocycles. The standard InChI is InChI=1S/C18H16F2N2OS/c1-4-22-15-10(2)8-9-11(3)16(15)24-18(22)21-17(23)14-12(19)6-5-7-13(14)20/h5-9H,4H2,1-3H3. The monoisotopic (exact) mass is 346 g/mol. The van der Waals surface area contributed by atoms with Gasteiger partial charge in [-0.05, 0) is 44.0 Å². The first-order valence-electron chi connectivity index (χ1n) is 7.56. The zero-order chi connectivity index (χ0) is 17.4. The molecular formula is C18H16F2N2OS. The van der Waals surface area contributed by atoms with Crippen molar-refractivity contribution in [3.8, 4) is 0 Å². The van der Waals surface area contributed by atoms with Gasteiger partial charge in [0.2, 0.25) is 0 Å². The first kappa shape index (κ1) is 16.5. The van der Waals surface area contributed by atoms with Crippen LogP contribution in [0, 0.1) is 25.5 Å². The minimum Gasteiger partial charge on any atom is -0.316 e. The summed E-state index contributed by atoms with van der Waals surface area (Å²) in [6.07, 6.45) is 0.